The SMILES string of the molecule is CCCOc1ccccc1/C=C(\C#N)C(=O)Oc1ccc(C(=O)Nc2ccc(C)cc2)cc1. The minimum atomic E-state index is -0.792. The van der Waals surface area contributed by atoms with E-state index in [4.69, 9.17) is 9.47 Å². The van der Waals surface area contributed by atoms with Gasteiger partial charge in [0.05, 0.1) is 6.61 Å². The van der Waals surface area contributed by atoms with Gasteiger partial charge in [-0.3, -0.25) is 4.79 Å². The fraction of sp³-hybridized carbons (Fsp3) is 0.148. The second-order valence-electron chi connectivity index (χ2n) is 7.29. The molecule has 0 aliphatic carbocycles. The molecule has 0 saturated carbocycles. The number of amides is 1. The number of hydrogen-bond donors (Lipinski definition) is 1. The van der Waals surface area contributed by atoms with Crippen LogP contribution in [0, 0.1) is 18.3 Å². The molecule has 0 unspecified atom stereocenters. The maximum atomic E-state index is 12.5. The summed E-state index contributed by atoms with van der Waals surface area (Å²) < 4.78 is 11.0. The van der Waals surface area contributed by atoms with E-state index in [1.165, 1.54) is 18.2 Å². The van der Waals surface area contributed by atoms with Gasteiger partial charge in [-0.25, -0.2) is 4.79 Å². The molecule has 166 valence electrons. The van der Waals surface area contributed by atoms with E-state index in [0.29, 0.717) is 29.2 Å². The number of nitrogens with one attached hydrogen (secondary N) is 1. The molecule has 0 atom stereocenters. The first-order chi connectivity index (χ1) is 16.0. The number of benzene rings is 3. The third-order valence-corrected chi connectivity index (χ3v) is 4.66. The van der Waals surface area contributed by atoms with Gasteiger partial charge in [-0.2, -0.15) is 5.26 Å². The summed E-state index contributed by atoms with van der Waals surface area (Å²) in [7, 11) is 0. The van der Waals surface area contributed by atoms with Crippen LogP contribution in [0.1, 0.15) is 34.8 Å². The number of esters is 1. The number of carbonyl (C=O) groups is 2. The molecule has 1 N–H and O–H groups in total. The van der Waals surface area contributed by atoms with Crippen LogP contribution in [-0.2, 0) is 4.79 Å². The quantitative estimate of drug-likeness (QED) is 0.215. The fourth-order valence-corrected chi connectivity index (χ4v) is 2.91. The molecule has 0 spiro atoms. The third kappa shape index (κ3) is 6.55. The summed E-state index contributed by atoms with van der Waals surface area (Å²) in [6.07, 6.45) is 2.28. The lowest BCUT2D eigenvalue weighted by atomic mass is 10.1. The van der Waals surface area contributed by atoms with Crippen molar-refractivity contribution >= 4 is 23.6 Å². The van der Waals surface area contributed by atoms with Gasteiger partial charge in [0.25, 0.3) is 5.91 Å². The summed E-state index contributed by atoms with van der Waals surface area (Å²) in [5, 5.41) is 12.3. The van der Waals surface area contributed by atoms with E-state index in [0.717, 1.165) is 12.0 Å². The van der Waals surface area contributed by atoms with Gasteiger partial charge >= 0.3 is 5.97 Å². The Morgan fingerprint density at radius 3 is 2.36 bits per heavy atom. The molecular formula is C27H24N2O4. The Morgan fingerprint density at radius 2 is 1.70 bits per heavy atom. The van der Waals surface area contributed by atoms with Gasteiger partial charge < -0.3 is 14.8 Å². The van der Waals surface area contributed by atoms with Crippen molar-refractivity contribution in [2.24, 2.45) is 0 Å². The summed E-state index contributed by atoms with van der Waals surface area (Å²) in [6.45, 7) is 4.49. The average Bonchev–Trinajstić information content (AvgIpc) is 2.83. The zero-order chi connectivity index (χ0) is 23.6. The number of ether oxygens (including phenoxy) is 2. The monoisotopic (exact) mass is 440 g/mol. The van der Waals surface area contributed by atoms with Gasteiger partial charge in [0.1, 0.15) is 23.1 Å². The summed E-state index contributed by atoms with van der Waals surface area (Å²) in [5.74, 6) is -0.259. The molecule has 33 heavy (non-hydrogen) atoms. The zero-order valence-electron chi connectivity index (χ0n) is 18.5. The topological polar surface area (TPSA) is 88.4 Å². The Kier molecular flexibility index (Phi) is 7.98. The van der Waals surface area contributed by atoms with Crippen LogP contribution in [0.3, 0.4) is 0 Å². The molecule has 0 fully saturated rings. The molecular weight excluding hydrogens is 416 g/mol. The maximum absolute atomic E-state index is 12.5. The highest BCUT2D eigenvalue weighted by Gasteiger charge is 2.14. The summed E-state index contributed by atoms with van der Waals surface area (Å²) in [5.41, 5.74) is 2.65. The highest BCUT2D eigenvalue weighted by Crippen LogP contribution is 2.22. The Bertz CT molecular complexity index is 1190. The molecule has 3 rings (SSSR count). The Balaban J connectivity index is 1.68. The minimum Gasteiger partial charge on any atom is -0.493 e. The molecule has 0 radical (unpaired) electrons. The van der Waals surface area contributed by atoms with Crippen LogP contribution in [0.5, 0.6) is 11.5 Å². The smallest absolute Gasteiger partial charge is 0.354 e. The van der Waals surface area contributed by atoms with Crippen LogP contribution < -0.4 is 14.8 Å². The number of rotatable bonds is 8. The molecule has 6 heteroatoms. The van der Waals surface area contributed by atoms with Crippen LogP contribution >= 0.6 is 0 Å². The summed E-state index contributed by atoms with van der Waals surface area (Å²) >= 11 is 0. The summed E-state index contributed by atoms with van der Waals surface area (Å²) in [6, 6.07) is 22.6. The lowest BCUT2D eigenvalue weighted by molar-refractivity contribution is -0.129. The van der Waals surface area contributed by atoms with Gasteiger partial charge in [0.2, 0.25) is 0 Å². The van der Waals surface area contributed by atoms with Crippen molar-refractivity contribution < 1.29 is 19.1 Å². The van der Waals surface area contributed by atoms with Crippen LogP contribution in [0.15, 0.2) is 78.4 Å². The lowest BCUT2D eigenvalue weighted by Gasteiger charge is -2.09. The average molecular weight is 440 g/mol. The first kappa shape index (κ1) is 23.3. The Labute approximate surface area is 193 Å². The van der Waals surface area contributed by atoms with Crippen molar-refractivity contribution in [1.29, 1.82) is 5.26 Å². The molecule has 0 aliphatic rings. The molecule has 1 amide bonds. The van der Waals surface area contributed by atoms with Crippen LogP contribution in [0.2, 0.25) is 0 Å². The molecule has 0 aliphatic heterocycles. The van der Waals surface area contributed by atoms with Crippen LogP contribution in [0.25, 0.3) is 6.08 Å². The van der Waals surface area contributed by atoms with Gasteiger partial charge in [0.15, 0.2) is 0 Å². The number of carbonyl (C=O) groups excluding carboxylic acids is 2. The zero-order valence-corrected chi connectivity index (χ0v) is 18.5. The van der Waals surface area contributed by atoms with E-state index in [1.54, 1.807) is 30.3 Å². The highest BCUT2D eigenvalue weighted by molar-refractivity contribution is 6.04. The fourth-order valence-electron chi connectivity index (χ4n) is 2.91. The predicted octanol–water partition coefficient (Wildman–Crippen LogP) is 5.55. The van der Waals surface area contributed by atoms with E-state index in [-0.39, 0.29) is 17.2 Å². The Hall–Kier alpha value is -4.37. The second kappa shape index (κ2) is 11.3. The van der Waals surface area contributed by atoms with E-state index in [1.807, 2.05) is 50.2 Å². The first-order valence-electron chi connectivity index (χ1n) is 10.5. The predicted molar refractivity (Wildman–Crippen MR) is 127 cm³/mol. The number of nitrogens with zero attached hydrogens (tertiary/aromatic N) is 1. The van der Waals surface area contributed by atoms with E-state index < -0.39 is 5.97 Å². The lowest BCUT2D eigenvalue weighted by Crippen LogP contribution is -2.13. The largest absolute Gasteiger partial charge is 0.493 e. The number of para-hydroxylation sites is 1. The van der Waals surface area contributed by atoms with Gasteiger partial charge in [-0.15, -0.1) is 0 Å². The number of hydrogen-bond acceptors (Lipinski definition) is 5. The number of aryl methyl sites for hydroxylation is 1. The molecule has 0 saturated heterocycles. The number of anilines is 1. The highest BCUT2D eigenvalue weighted by atomic mass is 16.5. The molecule has 0 heterocycles. The maximum Gasteiger partial charge on any atom is 0.354 e. The summed E-state index contributed by atoms with van der Waals surface area (Å²) in [4.78, 5) is 24.9. The van der Waals surface area contributed by atoms with Gasteiger partial charge in [-0.05, 0) is 61.9 Å². The number of nitriles is 1. The van der Waals surface area contributed by atoms with Crippen molar-refractivity contribution in [3.05, 3.63) is 95.1 Å². The van der Waals surface area contributed by atoms with Crippen molar-refractivity contribution in [1.82, 2.24) is 0 Å². The van der Waals surface area contributed by atoms with E-state index in [9.17, 15) is 14.9 Å². The van der Waals surface area contributed by atoms with Crippen LogP contribution in [-0.4, -0.2) is 18.5 Å². The molecule has 6 nitrogen and oxygen atoms in total. The first-order valence-corrected chi connectivity index (χ1v) is 10.5. The standard InChI is InChI=1S/C27H24N2O4/c1-3-16-32-25-7-5-4-6-21(25)17-22(18-28)27(31)33-24-14-10-20(11-15-24)26(30)29-23-12-8-19(2)9-13-23/h4-15,17H,3,16H2,1-2H3,(H,29,30)/b22-17+. The van der Waals surface area contributed by atoms with Gasteiger partial charge in [-0.1, -0.05) is 42.8 Å². The molecule has 3 aromatic rings. The van der Waals surface area contributed by atoms with Crippen molar-refractivity contribution in [2.45, 2.75) is 20.3 Å². The molecule has 0 bridgehead atoms. The minimum absolute atomic E-state index is 0.163. The molecule has 0 aromatic heterocycles. The van der Waals surface area contributed by atoms with E-state index in [2.05, 4.69) is 5.32 Å². The van der Waals surface area contributed by atoms with Crippen molar-refractivity contribution in [2.75, 3.05) is 11.9 Å². The second-order valence-corrected chi connectivity index (χ2v) is 7.29. The normalized spacial score (nSPS) is 10.8. The van der Waals surface area contributed by atoms with E-state index >= 15 is 0 Å². The van der Waals surface area contributed by atoms with Crippen molar-refractivity contribution in [3.8, 4) is 17.6 Å². The Morgan fingerprint density at radius 1 is 1.00 bits per heavy atom. The third-order valence-electron chi connectivity index (χ3n) is 4.66. The van der Waals surface area contributed by atoms with Crippen molar-refractivity contribution in [3.63, 3.8) is 0 Å². The molecule has 3 aromatic carbocycles. The van der Waals surface area contributed by atoms with Crippen LogP contribution in [0.4, 0.5) is 5.69 Å². The van der Waals surface area contributed by atoms with Gasteiger partial charge in [0, 0.05) is 16.8 Å².